The number of carbonyl (C=O) groups excluding carboxylic acids is 1. The molecule has 1 atom stereocenters. The quantitative estimate of drug-likeness (QED) is 0.840. The maximum absolute atomic E-state index is 12.3. The molecule has 1 aliphatic heterocycles. The fraction of sp³-hybridized carbons (Fsp3) is 0.538. The molecule has 4 nitrogen and oxygen atoms in total. The first-order chi connectivity index (χ1) is 8.56. The van der Waals surface area contributed by atoms with Gasteiger partial charge >= 0.3 is 0 Å². The highest BCUT2D eigenvalue weighted by Gasteiger charge is 2.28. The minimum atomic E-state index is 0.00253. The molecular weight excluding hydrogens is 294 g/mol. The van der Waals surface area contributed by atoms with Crippen molar-refractivity contribution in [1.82, 2.24) is 14.8 Å². The van der Waals surface area contributed by atoms with Crippen LogP contribution in [0.2, 0.25) is 0 Å². The number of halogens is 1. The van der Waals surface area contributed by atoms with E-state index in [0.717, 1.165) is 29.7 Å². The molecular formula is C13H18BrN3O. The second-order valence-electron chi connectivity index (χ2n) is 4.91. The Morgan fingerprint density at radius 2 is 2.22 bits per heavy atom. The molecule has 0 spiro atoms. The Morgan fingerprint density at radius 3 is 2.94 bits per heavy atom. The van der Waals surface area contributed by atoms with Crippen molar-refractivity contribution in [3.05, 3.63) is 28.5 Å². The van der Waals surface area contributed by atoms with Crippen LogP contribution in [0.3, 0.4) is 0 Å². The zero-order valence-electron chi connectivity index (χ0n) is 10.8. The van der Waals surface area contributed by atoms with Crippen LogP contribution >= 0.6 is 15.9 Å². The van der Waals surface area contributed by atoms with Crippen LogP contribution in [0.5, 0.6) is 0 Å². The maximum Gasteiger partial charge on any atom is 0.155 e. The molecule has 2 heterocycles. The minimum absolute atomic E-state index is 0.00253. The summed E-state index contributed by atoms with van der Waals surface area (Å²) < 4.78 is 0.918. The number of nitrogens with zero attached hydrogens (tertiary/aromatic N) is 3. The van der Waals surface area contributed by atoms with Gasteiger partial charge in [0.25, 0.3) is 0 Å². The number of rotatable bonds is 3. The number of hydrogen-bond donors (Lipinski definition) is 0. The molecule has 1 unspecified atom stereocenters. The summed E-state index contributed by atoms with van der Waals surface area (Å²) in [6, 6.07) is 1.96. The van der Waals surface area contributed by atoms with Gasteiger partial charge in [-0.2, -0.15) is 0 Å². The van der Waals surface area contributed by atoms with Gasteiger partial charge in [0, 0.05) is 42.9 Å². The van der Waals surface area contributed by atoms with E-state index in [-0.39, 0.29) is 11.8 Å². The summed E-state index contributed by atoms with van der Waals surface area (Å²) in [6.07, 6.45) is 3.94. The molecule has 1 fully saturated rings. The molecule has 18 heavy (non-hydrogen) atoms. The van der Waals surface area contributed by atoms with E-state index in [9.17, 15) is 4.79 Å². The van der Waals surface area contributed by atoms with Crippen LogP contribution in [0.1, 0.15) is 5.56 Å². The topological polar surface area (TPSA) is 36.4 Å². The van der Waals surface area contributed by atoms with Crippen LogP contribution in [0, 0.1) is 0 Å². The number of ketones is 1. The summed E-state index contributed by atoms with van der Waals surface area (Å²) in [6.45, 7) is 2.79. The Labute approximate surface area is 116 Å². The molecule has 1 saturated heterocycles. The van der Waals surface area contributed by atoms with E-state index in [0.29, 0.717) is 6.42 Å². The van der Waals surface area contributed by atoms with Gasteiger partial charge in [-0.05, 0) is 41.7 Å². The lowest BCUT2D eigenvalue weighted by Gasteiger charge is -2.36. The zero-order chi connectivity index (χ0) is 13.1. The van der Waals surface area contributed by atoms with Crippen LogP contribution in [0.4, 0.5) is 0 Å². The first kappa shape index (κ1) is 13.6. The van der Waals surface area contributed by atoms with Crippen LogP contribution in [0.15, 0.2) is 22.9 Å². The summed E-state index contributed by atoms with van der Waals surface area (Å²) >= 11 is 3.38. The fourth-order valence-corrected chi connectivity index (χ4v) is 2.64. The van der Waals surface area contributed by atoms with Crippen molar-refractivity contribution in [2.24, 2.45) is 0 Å². The van der Waals surface area contributed by atoms with Gasteiger partial charge in [0.1, 0.15) is 0 Å². The molecule has 0 N–H and O–H groups in total. The third-order valence-corrected chi connectivity index (χ3v) is 3.80. The van der Waals surface area contributed by atoms with Crippen molar-refractivity contribution in [3.63, 3.8) is 0 Å². The van der Waals surface area contributed by atoms with Crippen molar-refractivity contribution < 1.29 is 4.79 Å². The summed E-state index contributed by atoms with van der Waals surface area (Å²) in [5.74, 6) is 0.268. The maximum atomic E-state index is 12.3. The second-order valence-corrected chi connectivity index (χ2v) is 5.83. The molecule has 0 aliphatic carbocycles. The SMILES string of the molecule is CN1CCN(C)C(C(=O)Cc2cncc(Br)c2)C1. The molecule has 2 rings (SSSR count). The summed E-state index contributed by atoms with van der Waals surface area (Å²) in [4.78, 5) is 20.8. The summed E-state index contributed by atoms with van der Waals surface area (Å²) in [5.41, 5.74) is 0.969. The molecule has 0 radical (unpaired) electrons. The second kappa shape index (κ2) is 5.91. The average Bonchev–Trinajstić information content (AvgIpc) is 2.32. The zero-order valence-corrected chi connectivity index (χ0v) is 12.4. The van der Waals surface area contributed by atoms with Gasteiger partial charge in [-0.3, -0.25) is 14.7 Å². The molecule has 5 heteroatoms. The van der Waals surface area contributed by atoms with Crippen LogP contribution in [-0.4, -0.2) is 60.3 Å². The van der Waals surface area contributed by atoms with Crippen molar-refractivity contribution in [3.8, 4) is 0 Å². The number of hydrogen-bond acceptors (Lipinski definition) is 4. The number of pyridine rings is 1. The minimum Gasteiger partial charge on any atom is -0.303 e. The molecule has 0 saturated carbocycles. The number of likely N-dealkylation sites (N-methyl/N-ethyl adjacent to an activating group) is 2. The lowest BCUT2D eigenvalue weighted by molar-refractivity contribution is -0.125. The van der Waals surface area contributed by atoms with Gasteiger partial charge in [0.05, 0.1) is 6.04 Å². The van der Waals surface area contributed by atoms with Gasteiger partial charge in [-0.15, -0.1) is 0 Å². The first-order valence-corrected chi connectivity index (χ1v) is 6.86. The highest BCUT2D eigenvalue weighted by molar-refractivity contribution is 9.10. The summed E-state index contributed by atoms with van der Waals surface area (Å²) in [7, 11) is 4.09. The number of carbonyl (C=O) groups is 1. The third-order valence-electron chi connectivity index (χ3n) is 3.36. The van der Waals surface area contributed by atoms with Crippen LogP contribution < -0.4 is 0 Å². The predicted octanol–water partition coefficient (Wildman–Crippen LogP) is 1.20. The Bertz CT molecular complexity index is 438. The van der Waals surface area contributed by atoms with E-state index in [1.807, 2.05) is 13.1 Å². The van der Waals surface area contributed by atoms with E-state index in [2.05, 4.69) is 37.8 Å². The third kappa shape index (κ3) is 3.37. The van der Waals surface area contributed by atoms with Crippen molar-refractivity contribution >= 4 is 21.7 Å². The van der Waals surface area contributed by atoms with Gasteiger partial charge in [-0.1, -0.05) is 0 Å². The van der Waals surface area contributed by atoms with E-state index in [1.54, 1.807) is 12.4 Å². The Hall–Kier alpha value is -0.780. The van der Waals surface area contributed by atoms with E-state index in [4.69, 9.17) is 0 Å². The van der Waals surface area contributed by atoms with E-state index < -0.39 is 0 Å². The molecule has 0 amide bonds. The van der Waals surface area contributed by atoms with Crippen LogP contribution in [-0.2, 0) is 11.2 Å². The highest BCUT2D eigenvalue weighted by Crippen LogP contribution is 2.13. The number of aromatic nitrogens is 1. The van der Waals surface area contributed by atoms with Gasteiger partial charge in [0.15, 0.2) is 5.78 Å². The van der Waals surface area contributed by atoms with E-state index >= 15 is 0 Å². The molecule has 1 aliphatic rings. The molecule has 0 bridgehead atoms. The normalized spacial score (nSPS) is 22.1. The lowest BCUT2D eigenvalue weighted by atomic mass is 10.0. The average molecular weight is 312 g/mol. The Morgan fingerprint density at radius 1 is 1.44 bits per heavy atom. The highest BCUT2D eigenvalue weighted by atomic mass is 79.9. The molecule has 98 valence electrons. The van der Waals surface area contributed by atoms with E-state index in [1.165, 1.54) is 0 Å². The molecule has 1 aromatic rings. The van der Waals surface area contributed by atoms with Crippen LogP contribution in [0.25, 0.3) is 0 Å². The van der Waals surface area contributed by atoms with Gasteiger partial charge in [-0.25, -0.2) is 0 Å². The van der Waals surface area contributed by atoms with Crippen molar-refractivity contribution in [1.29, 1.82) is 0 Å². The summed E-state index contributed by atoms with van der Waals surface area (Å²) in [5, 5.41) is 0. The Kier molecular flexibility index (Phi) is 4.48. The monoisotopic (exact) mass is 311 g/mol. The fourth-order valence-electron chi connectivity index (χ4n) is 2.23. The van der Waals surface area contributed by atoms with Gasteiger partial charge in [0.2, 0.25) is 0 Å². The standard InChI is InChI=1S/C13H18BrN3O/c1-16-3-4-17(2)12(9-16)13(18)6-10-5-11(14)8-15-7-10/h5,7-8,12H,3-4,6,9H2,1-2H3. The number of Topliss-reactive ketones (excluding diaryl/α,β-unsaturated/α-hetero) is 1. The molecule has 0 aromatic carbocycles. The van der Waals surface area contributed by atoms with Crippen molar-refractivity contribution in [2.75, 3.05) is 33.7 Å². The smallest absolute Gasteiger partial charge is 0.155 e. The first-order valence-electron chi connectivity index (χ1n) is 6.07. The van der Waals surface area contributed by atoms with Crippen molar-refractivity contribution in [2.45, 2.75) is 12.5 Å². The predicted molar refractivity (Wildman–Crippen MR) is 74.6 cm³/mol. The molecule has 1 aromatic heterocycles. The lowest BCUT2D eigenvalue weighted by Crippen LogP contribution is -2.53. The number of piperazine rings is 1. The Balaban J connectivity index is 2.02. The largest absolute Gasteiger partial charge is 0.303 e. The van der Waals surface area contributed by atoms with Gasteiger partial charge < -0.3 is 4.90 Å².